The summed E-state index contributed by atoms with van der Waals surface area (Å²) in [6, 6.07) is 16.1. The van der Waals surface area contributed by atoms with Crippen LogP contribution in [0.25, 0.3) is 0 Å². The lowest BCUT2D eigenvalue weighted by Crippen LogP contribution is -2.50. The Bertz CT molecular complexity index is 899. The smallest absolute Gasteiger partial charge is 0.308 e. The number of carboxylic acids is 1. The van der Waals surface area contributed by atoms with Crippen LogP contribution in [0.2, 0.25) is 0 Å². The van der Waals surface area contributed by atoms with Crippen LogP contribution in [0.4, 0.5) is 0 Å². The highest BCUT2D eigenvalue weighted by Gasteiger charge is 2.55. The maximum atomic E-state index is 13.4. The molecular formula is C25H27NO3. The fraction of sp³-hybridized carbons (Fsp3) is 0.440. The highest BCUT2D eigenvalue weighted by Crippen LogP contribution is 2.58. The van der Waals surface area contributed by atoms with Gasteiger partial charge < -0.3 is 10.4 Å². The van der Waals surface area contributed by atoms with Gasteiger partial charge in [-0.05, 0) is 41.0 Å². The third kappa shape index (κ3) is 2.97. The van der Waals surface area contributed by atoms with E-state index in [2.05, 4.69) is 17.4 Å². The molecule has 0 aliphatic heterocycles. The first kappa shape index (κ1) is 18.4. The summed E-state index contributed by atoms with van der Waals surface area (Å²) in [6.07, 6.45) is 6.06. The summed E-state index contributed by atoms with van der Waals surface area (Å²) in [5.41, 5.74) is 4.37. The number of benzene rings is 2. The van der Waals surface area contributed by atoms with Crippen LogP contribution in [0, 0.1) is 17.8 Å². The molecule has 1 fully saturated rings. The third-order valence-corrected chi connectivity index (χ3v) is 7.32. The van der Waals surface area contributed by atoms with Crippen molar-refractivity contribution < 1.29 is 14.7 Å². The molecule has 0 heterocycles. The molecule has 0 aromatic heterocycles. The number of rotatable bonds is 4. The first-order valence-corrected chi connectivity index (χ1v) is 10.8. The summed E-state index contributed by atoms with van der Waals surface area (Å²) in [5, 5.41) is 13.3. The van der Waals surface area contributed by atoms with E-state index < -0.39 is 17.8 Å². The highest BCUT2D eigenvalue weighted by molar-refractivity contribution is 5.89. The molecule has 2 bridgehead atoms. The van der Waals surface area contributed by atoms with Gasteiger partial charge in [-0.2, -0.15) is 0 Å². The summed E-state index contributed by atoms with van der Waals surface area (Å²) in [4.78, 5) is 25.8. The number of amides is 1. The van der Waals surface area contributed by atoms with Crippen LogP contribution in [-0.4, -0.2) is 23.5 Å². The summed E-state index contributed by atoms with van der Waals surface area (Å²) in [5.74, 6) is -2.20. The third-order valence-electron chi connectivity index (χ3n) is 7.32. The zero-order chi connectivity index (χ0) is 20.0. The van der Waals surface area contributed by atoms with Gasteiger partial charge in [0.05, 0.1) is 11.8 Å². The van der Waals surface area contributed by atoms with Crippen LogP contribution in [0.3, 0.4) is 0 Å². The molecule has 4 aliphatic carbocycles. The van der Waals surface area contributed by atoms with Gasteiger partial charge in [-0.25, -0.2) is 0 Å². The molecule has 1 saturated carbocycles. The SMILES string of the molecule is O=C(O)C1C2c3ccccc3C(c3ccccc32)C1C(=O)NCC1CCCCC1. The van der Waals surface area contributed by atoms with Crippen molar-refractivity contribution in [1.82, 2.24) is 5.32 Å². The number of hydrogen-bond acceptors (Lipinski definition) is 2. The van der Waals surface area contributed by atoms with E-state index in [0.29, 0.717) is 12.5 Å². The second-order valence-electron chi connectivity index (χ2n) is 8.85. The highest BCUT2D eigenvalue weighted by atomic mass is 16.4. The lowest BCUT2D eigenvalue weighted by atomic mass is 9.54. The lowest BCUT2D eigenvalue weighted by Gasteiger charge is -2.48. The molecular weight excluding hydrogens is 362 g/mol. The van der Waals surface area contributed by atoms with E-state index in [1.807, 2.05) is 36.4 Å². The standard InChI is InChI=1S/C25H27NO3/c27-24(26-14-15-8-2-1-3-9-15)22-20-16-10-4-6-12-18(16)21(23(22)25(28)29)19-13-7-5-11-17(19)20/h4-7,10-13,15,20-23H,1-3,8-9,14H2,(H,26,27)(H,28,29). The molecule has 0 saturated heterocycles. The van der Waals surface area contributed by atoms with Crippen molar-refractivity contribution in [3.05, 3.63) is 70.8 Å². The second kappa shape index (κ2) is 7.33. The predicted octanol–water partition coefficient (Wildman–Crippen LogP) is 4.29. The minimum absolute atomic E-state index is 0.0954. The molecule has 6 rings (SSSR count). The van der Waals surface area contributed by atoms with Crippen molar-refractivity contribution in [2.24, 2.45) is 17.8 Å². The van der Waals surface area contributed by atoms with Gasteiger partial charge in [0.15, 0.2) is 0 Å². The topological polar surface area (TPSA) is 66.4 Å². The number of carboxylic acid groups (broad SMARTS) is 1. The van der Waals surface area contributed by atoms with Crippen LogP contribution in [0.5, 0.6) is 0 Å². The zero-order valence-electron chi connectivity index (χ0n) is 16.5. The first-order chi connectivity index (χ1) is 14.2. The summed E-state index contributed by atoms with van der Waals surface area (Å²) >= 11 is 0. The van der Waals surface area contributed by atoms with Gasteiger partial charge in [-0.3, -0.25) is 9.59 Å². The van der Waals surface area contributed by atoms with Crippen molar-refractivity contribution in [2.75, 3.05) is 6.54 Å². The number of aliphatic carboxylic acids is 1. The van der Waals surface area contributed by atoms with E-state index in [4.69, 9.17) is 0 Å². The number of nitrogens with one attached hydrogen (secondary N) is 1. The summed E-state index contributed by atoms with van der Waals surface area (Å²) < 4.78 is 0. The average Bonchev–Trinajstić information content (AvgIpc) is 2.77. The first-order valence-electron chi connectivity index (χ1n) is 10.8. The van der Waals surface area contributed by atoms with Crippen molar-refractivity contribution in [1.29, 1.82) is 0 Å². The second-order valence-corrected chi connectivity index (χ2v) is 8.85. The lowest BCUT2D eigenvalue weighted by molar-refractivity contribution is -0.149. The number of carbonyl (C=O) groups is 2. The molecule has 1 amide bonds. The largest absolute Gasteiger partial charge is 0.481 e. The van der Waals surface area contributed by atoms with Gasteiger partial charge >= 0.3 is 5.97 Å². The molecule has 150 valence electrons. The van der Waals surface area contributed by atoms with E-state index in [1.54, 1.807) is 0 Å². The quantitative estimate of drug-likeness (QED) is 0.820. The molecule has 2 aromatic carbocycles. The molecule has 2 unspecified atom stereocenters. The number of hydrogen-bond donors (Lipinski definition) is 2. The van der Waals surface area contributed by atoms with E-state index >= 15 is 0 Å². The van der Waals surface area contributed by atoms with E-state index in [0.717, 1.165) is 35.1 Å². The predicted molar refractivity (Wildman–Crippen MR) is 111 cm³/mol. The molecule has 29 heavy (non-hydrogen) atoms. The maximum Gasteiger partial charge on any atom is 0.308 e. The van der Waals surface area contributed by atoms with Crippen molar-refractivity contribution in [3.8, 4) is 0 Å². The Balaban J connectivity index is 1.53. The van der Waals surface area contributed by atoms with Crippen molar-refractivity contribution >= 4 is 11.9 Å². The minimum Gasteiger partial charge on any atom is -0.481 e. The van der Waals surface area contributed by atoms with Gasteiger partial charge in [0, 0.05) is 18.4 Å². The number of fused-ring (bicyclic) bond motifs is 1. The maximum absolute atomic E-state index is 13.4. The molecule has 4 aliphatic rings. The molecule has 0 radical (unpaired) electrons. The molecule has 2 N–H and O–H groups in total. The Morgan fingerprint density at radius 3 is 1.76 bits per heavy atom. The normalized spacial score (nSPS) is 27.7. The van der Waals surface area contributed by atoms with Crippen molar-refractivity contribution in [3.63, 3.8) is 0 Å². The Hall–Kier alpha value is -2.62. The molecule has 2 aromatic rings. The van der Waals surface area contributed by atoms with Crippen LogP contribution < -0.4 is 5.32 Å². The van der Waals surface area contributed by atoms with E-state index in [1.165, 1.54) is 19.3 Å². The van der Waals surface area contributed by atoms with Gasteiger partial charge in [-0.15, -0.1) is 0 Å². The zero-order valence-corrected chi connectivity index (χ0v) is 16.5. The van der Waals surface area contributed by atoms with Crippen LogP contribution in [0.15, 0.2) is 48.5 Å². The molecule has 0 spiro atoms. The van der Waals surface area contributed by atoms with Gasteiger partial charge in [0.25, 0.3) is 0 Å². The van der Waals surface area contributed by atoms with Gasteiger partial charge in [-0.1, -0.05) is 67.8 Å². The average molecular weight is 389 g/mol. The summed E-state index contributed by atoms with van der Waals surface area (Å²) in [7, 11) is 0. The number of carbonyl (C=O) groups excluding carboxylic acids is 1. The Morgan fingerprint density at radius 2 is 1.28 bits per heavy atom. The van der Waals surface area contributed by atoms with Crippen LogP contribution >= 0.6 is 0 Å². The fourth-order valence-corrected chi connectivity index (χ4v) is 6.04. The summed E-state index contributed by atoms with van der Waals surface area (Å²) in [6.45, 7) is 0.669. The molecule has 4 heteroatoms. The Kier molecular flexibility index (Phi) is 4.65. The van der Waals surface area contributed by atoms with Crippen molar-refractivity contribution in [2.45, 2.75) is 43.9 Å². The Morgan fingerprint density at radius 1 is 0.793 bits per heavy atom. The van der Waals surface area contributed by atoms with Crippen LogP contribution in [0.1, 0.15) is 66.2 Å². The van der Waals surface area contributed by atoms with Gasteiger partial charge in [0.2, 0.25) is 5.91 Å². The monoisotopic (exact) mass is 389 g/mol. The van der Waals surface area contributed by atoms with Crippen LogP contribution in [-0.2, 0) is 9.59 Å². The minimum atomic E-state index is -0.873. The van der Waals surface area contributed by atoms with E-state index in [-0.39, 0.29) is 17.7 Å². The van der Waals surface area contributed by atoms with Gasteiger partial charge in [0.1, 0.15) is 0 Å². The molecule has 4 nitrogen and oxygen atoms in total. The molecule has 2 atom stereocenters. The van der Waals surface area contributed by atoms with E-state index in [9.17, 15) is 14.7 Å². The fourth-order valence-electron chi connectivity index (χ4n) is 6.04. The Labute approximate surface area is 171 Å².